The number of rotatable bonds is 5. The Morgan fingerprint density at radius 2 is 2.04 bits per heavy atom. The largest absolute Gasteiger partial charge is 0.461 e. The average Bonchev–Trinajstić information content (AvgIpc) is 2.53. The second kappa shape index (κ2) is 7.67. The number of nitrogens with zero attached hydrogens (tertiary/aromatic N) is 1. The highest BCUT2D eigenvalue weighted by molar-refractivity contribution is 7.85. The minimum absolute atomic E-state index is 0.180. The molecule has 1 atom stereocenters. The molecule has 9 heteroatoms. The van der Waals surface area contributed by atoms with Crippen molar-refractivity contribution in [1.82, 2.24) is 5.32 Å². The smallest absolute Gasteiger partial charge is 0.354 e. The predicted octanol–water partition coefficient (Wildman–Crippen LogP) is 2.15. The number of benzene rings is 1. The van der Waals surface area contributed by atoms with Gasteiger partial charge in [-0.25, -0.2) is 4.79 Å². The summed E-state index contributed by atoms with van der Waals surface area (Å²) >= 11 is 5.88. The van der Waals surface area contributed by atoms with Crippen molar-refractivity contribution in [2.45, 2.75) is 19.4 Å². The van der Waals surface area contributed by atoms with E-state index in [1.165, 1.54) is 6.08 Å². The molecule has 7 nitrogen and oxygen atoms in total. The van der Waals surface area contributed by atoms with Gasteiger partial charge in [-0.15, -0.1) is 0 Å². The van der Waals surface area contributed by atoms with Crippen LogP contribution in [0.5, 0.6) is 0 Å². The lowest BCUT2D eigenvalue weighted by Gasteiger charge is -2.25. The third-order valence-electron chi connectivity index (χ3n) is 3.11. The lowest BCUT2D eigenvalue weighted by atomic mass is 9.97. The van der Waals surface area contributed by atoms with Crippen LogP contribution in [0.1, 0.15) is 24.9 Å². The van der Waals surface area contributed by atoms with Crippen LogP contribution in [0.2, 0.25) is 5.02 Å². The summed E-state index contributed by atoms with van der Waals surface area (Å²) in [6.07, 6.45) is 2.64. The van der Waals surface area contributed by atoms with Crippen molar-refractivity contribution in [3.05, 3.63) is 46.6 Å². The second-order valence-electron chi connectivity index (χ2n) is 5.09. The number of oxime groups is 1. The van der Waals surface area contributed by atoms with Gasteiger partial charge in [0.1, 0.15) is 5.70 Å². The number of hydrogen-bond acceptors (Lipinski definition) is 7. The maximum Gasteiger partial charge on any atom is 0.354 e. The number of carbonyl (C=O) groups excluding carboxylic acids is 1. The molecule has 0 bridgehead atoms. The molecule has 1 aromatic carbocycles. The van der Waals surface area contributed by atoms with Crippen molar-refractivity contribution in [3.8, 4) is 0 Å². The van der Waals surface area contributed by atoms with E-state index in [0.717, 1.165) is 11.8 Å². The van der Waals surface area contributed by atoms with Gasteiger partial charge in [0.2, 0.25) is 0 Å². The molecule has 0 fully saturated rings. The summed E-state index contributed by atoms with van der Waals surface area (Å²) in [4.78, 5) is 12.0. The molecule has 24 heavy (non-hydrogen) atoms. The third-order valence-corrected chi connectivity index (χ3v) is 3.71. The monoisotopic (exact) mass is 372 g/mol. The van der Waals surface area contributed by atoms with Gasteiger partial charge in [0.05, 0.1) is 24.6 Å². The molecule has 1 aliphatic heterocycles. The van der Waals surface area contributed by atoms with Gasteiger partial charge in [0.15, 0.2) is 0 Å². The minimum Gasteiger partial charge on any atom is -0.461 e. The number of carbonyl (C=O) groups is 1. The van der Waals surface area contributed by atoms with Gasteiger partial charge >= 0.3 is 16.1 Å². The van der Waals surface area contributed by atoms with E-state index >= 15 is 0 Å². The number of halogens is 1. The second-order valence-corrected chi connectivity index (χ2v) is 7.09. The summed E-state index contributed by atoms with van der Waals surface area (Å²) in [7, 11) is -3.73. The van der Waals surface area contributed by atoms with Crippen LogP contribution >= 0.6 is 11.6 Å². The molecule has 0 aliphatic carbocycles. The summed E-state index contributed by atoms with van der Waals surface area (Å²) in [5.74, 6) is -0.553. The van der Waals surface area contributed by atoms with Crippen molar-refractivity contribution in [3.63, 3.8) is 0 Å². The first-order valence-corrected chi connectivity index (χ1v) is 9.34. The van der Waals surface area contributed by atoms with Crippen molar-refractivity contribution in [2.24, 2.45) is 5.16 Å². The van der Waals surface area contributed by atoms with Gasteiger partial charge < -0.3 is 10.1 Å². The zero-order valence-electron chi connectivity index (χ0n) is 13.2. The van der Waals surface area contributed by atoms with E-state index in [1.54, 1.807) is 19.1 Å². The van der Waals surface area contributed by atoms with E-state index in [0.29, 0.717) is 17.2 Å². The van der Waals surface area contributed by atoms with E-state index in [2.05, 4.69) is 14.8 Å². The standard InChI is InChI=1S/C15H17ClN2O5S/c1-3-22-15(19)14-9-12(18-23-24(2,20)21)8-13(17-14)10-4-6-11(16)7-5-10/h4-7,9,13,17H,3,8H2,1-2H3. The van der Waals surface area contributed by atoms with Crippen LogP contribution in [0.25, 0.3) is 0 Å². The van der Waals surface area contributed by atoms with Gasteiger partial charge in [-0.1, -0.05) is 28.9 Å². The normalized spacial score (nSPS) is 19.4. The number of ether oxygens (including phenoxy) is 1. The van der Waals surface area contributed by atoms with Crippen LogP contribution in [0.4, 0.5) is 0 Å². The number of nitrogens with one attached hydrogen (secondary N) is 1. The Morgan fingerprint density at radius 3 is 2.62 bits per heavy atom. The van der Waals surface area contributed by atoms with E-state index in [-0.39, 0.29) is 18.3 Å². The molecule has 0 saturated heterocycles. The molecule has 0 saturated carbocycles. The first-order chi connectivity index (χ1) is 11.3. The fourth-order valence-corrected chi connectivity index (χ4v) is 2.47. The summed E-state index contributed by atoms with van der Waals surface area (Å²) in [6.45, 7) is 1.91. The van der Waals surface area contributed by atoms with Crippen molar-refractivity contribution in [2.75, 3.05) is 12.9 Å². The van der Waals surface area contributed by atoms with E-state index in [1.807, 2.05) is 12.1 Å². The molecular weight excluding hydrogens is 356 g/mol. The Hall–Kier alpha value is -2.06. The summed E-state index contributed by atoms with van der Waals surface area (Å²) in [5, 5.41) is 7.27. The molecule has 0 radical (unpaired) electrons. The van der Waals surface area contributed by atoms with Gasteiger partial charge in [-0.3, -0.25) is 4.28 Å². The van der Waals surface area contributed by atoms with Crippen LogP contribution in [-0.2, 0) is 23.9 Å². The SMILES string of the molecule is CCOC(=O)C1=CC(=NOS(C)(=O)=O)CC(c2ccc(Cl)cc2)N1. The number of allylic oxidation sites excluding steroid dienone is 1. The lowest BCUT2D eigenvalue weighted by molar-refractivity contribution is -0.139. The summed E-state index contributed by atoms with van der Waals surface area (Å²) < 4.78 is 31.7. The molecule has 1 aromatic rings. The van der Waals surface area contributed by atoms with E-state index in [4.69, 9.17) is 16.3 Å². The van der Waals surface area contributed by atoms with Crippen LogP contribution in [0.3, 0.4) is 0 Å². The predicted molar refractivity (Wildman–Crippen MR) is 90.0 cm³/mol. The highest BCUT2D eigenvalue weighted by Gasteiger charge is 2.25. The fraction of sp³-hybridized carbons (Fsp3) is 0.333. The molecular formula is C15H17ClN2O5S. The van der Waals surface area contributed by atoms with Crippen molar-refractivity contribution >= 4 is 33.4 Å². The maximum absolute atomic E-state index is 12.0. The van der Waals surface area contributed by atoms with Crippen molar-refractivity contribution in [1.29, 1.82) is 0 Å². The van der Waals surface area contributed by atoms with Gasteiger partial charge in [-0.2, -0.15) is 8.42 Å². The van der Waals surface area contributed by atoms with Crippen LogP contribution < -0.4 is 5.32 Å². The zero-order chi connectivity index (χ0) is 17.7. The number of esters is 1. The summed E-state index contributed by atoms with van der Waals surface area (Å²) in [5.41, 5.74) is 1.35. The Labute approximate surface area is 145 Å². The van der Waals surface area contributed by atoms with Crippen molar-refractivity contribution < 1.29 is 22.2 Å². The van der Waals surface area contributed by atoms with Gasteiger partial charge in [0, 0.05) is 11.4 Å². The van der Waals surface area contributed by atoms with Crippen LogP contribution in [0.15, 0.2) is 41.2 Å². The highest BCUT2D eigenvalue weighted by Crippen LogP contribution is 2.25. The molecule has 130 valence electrons. The first-order valence-electron chi connectivity index (χ1n) is 7.15. The fourth-order valence-electron chi connectivity index (χ4n) is 2.12. The Balaban J connectivity index is 2.31. The van der Waals surface area contributed by atoms with Crippen LogP contribution in [-0.4, -0.2) is 33.0 Å². The Kier molecular flexibility index (Phi) is 5.84. The molecule has 1 N–H and O–H groups in total. The Bertz CT molecular complexity index is 772. The third kappa shape index (κ3) is 5.24. The molecule has 1 heterocycles. The highest BCUT2D eigenvalue weighted by atomic mass is 35.5. The van der Waals surface area contributed by atoms with Crippen LogP contribution in [0, 0.1) is 0 Å². The Morgan fingerprint density at radius 1 is 1.38 bits per heavy atom. The lowest BCUT2D eigenvalue weighted by Crippen LogP contribution is -2.33. The molecule has 1 unspecified atom stereocenters. The molecule has 1 aliphatic rings. The quantitative estimate of drug-likeness (QED) is 0.628. The van der Waals surface area contributed by atoms with E-state index < -0.39 is 16.1 Å². The minimum atomic E-state index is -3.73. The molecule has 0 spiro atoms. The van der Waals surface area contributed by atoms with E-state index in [9.17, 15) is 13.2 Å². The zero-order valence-corrected chi connectivity index (χ0v) is 14.7. The number of hydrogen-bond donors (Lipinski definition) is 1. The molecule has 2 rings (SSSR count). The van der Waals surface area contributed by atoms with Gasteiger partial charge in [0.25, 0.3) is 0 Å². The molecule has 0 aromatic heterocycles. The topological polar surface area (TPSA) is 94.1 Å². The summed E-state index contributed by atoms with van der Waals surface area (Å²) in [6, 6.07) is 6.77. The maximum atomic E-state index is 12.0. The van der Waals surface area contributed by atoms with Gasteiger partial charge in [-0.05, 0) is 30.7 Å². The average molecular weight is 373 g/mol. The molecule has 0 amide bonds. The first kappa shape index (κ1) is 18.3.